The zero-order valence-electron chi connectivity index (χ0n) is 12.0. The first kappa shape index (κ1) is 16.1. The van der Waals surface area contributed by atoms with Gasteiger partial charge in [0.05, 0.1) is 11.5 Å². The number of carbonyl (C=O) groups is 2. The van der Waals surface area contributed by atoms with Crippen molar-refractivity contribution in [3.63, 3.8) is 0 Å². The van der Waals surface area contributed by atoms with Crippen molar-refractivity contribution in [1.29, 1.82) is 0 Å². The fourth-order valence-electron chi connectivity index (χ4n) is 2.91. The number of carboxylic acid groups (broad SMARTS) is 1. The Morgan fingerprint density at radius 1 is 1.10 bits per heavy atom. The van der Waals surface area contributed by atoms with E-state index < -0.39 is 15.8 Å². The first-order chi connectivity index (χ1) is 9.87. The van der Waals surface area contributed by atoms with Crippen molar-refractivity contribution in [2.24, 2.45) is 5.92 Å². The molecule has 1 N–H and O–H groups in total. The predicted octanol–water partition coefficient (Wildman–Crippen LogP) is 0.414. The van der Waals surface area contributed by atoms with Gasteiger partial charge in [-0.2, -0.15) is 0 Å². The Labute approximate surface area is 124 Å². The SMILES string of the molecule is O=C(O)CCC1CCCN(C(=O)N2CCS(=O)(=O)CC2)C1. The molecule has 0 spiro atoms. The number of hydrogen-bond donors (Lipinski definition) is 1. The minimum atomic E-state index is -2.99. The maximum atomic E-state index is 12.4. The molecule has 21 heavy (non-hydrogen) atoms. The average molecular weight is 318 g/mol. The van der Waals surface area contributed by atoms with Crippen molar-refractivity contribution >= 4 is 21.8 Å². The fraction of sp³-hybridized carbons (Fsp3) is 0.846. The summed E-state index contributed by atoms with van der Waals surface area (Å²) in [5.41, 5.74) is 0. The molecule has 2 aliphatic rings. The van der Waals surface area contributed by atoms with Crippen LogP contribution in [-0.4, -0.2) is 73.0 Å². The molecule has 7 nitrogen and oxygen atoms in total. The van der Waals surface area contributed by atoms with Gasteiger partial charge in [0, 0.05) is 32.6 Å². The third-order valence-corrected chi connectivity index (χ3v) is 5.78. The third-order valence-electron chi connectivity index (χ3n) is 4.17. The van der Waals surface area contributed by atoms with Gasteiger partial charge < -0.3 is 14.9 Å². The van der Waals surface area contributed by atoms with Crippen LogP contribution in [0.25, 0.3) is 0 Å². The molecule has 120 valence electrons. The summed E-state index contributed by atoms with van der Waals surface area (Å²) in [6.07, 6.45) is 2.55. The lowest BCUT2D eigenvalue weighted by Gasteiger charge is -2.37. The lowest BCUT2D eigenvalue weighted by atomic mass is 9.93. The van der Waals surface area contributed by atoms with Crippen LogP contribution in [0, 0.1) is 5.92 Å². The van der Waals surface area contributed by atoms with Crippen LogP contribution >= 0.6 is 0 Å². The van der Waals surface area contributed by atoms with Crippen LogP contribution in [0.5, 0.6) is 0 Å². The summed E-state index contributed by atoms with van der Waals surface area (Å²) in [6, 6.07) is -0.107. The van der Waals surface area contributed by atoms with E-state index in [0.717, 1.165) is 12.8 Å². The summed E-state index contributed by atoms with van der Waals surface area (Å²) in [6.45, 7) is 1.77. The van der Waals surface area contributed by atoms with Gasteiger partial charge >= 0.3 is 12.0 Å². The Morgan fingerprint density at radius 2 is 1.76 bits per heavy atom. The van der Waals surface area contributed by atoms with Crippen LogP contribution in [0.3, 0.4) is 0 Å². The first-order valence-electron chi connectivity index (χ1n) is 7.33. The van der Waals surface area contributed by atoms with Crippen LogP contribution in [0.1, 0.15) is 25.7 Å². The smallest absolute Gasteiger partial charge is 0.320 e. The molecule has 2 rings (SSSR count). The third kappa shape index (κ3) is 4.59. The minimum Gasteiger partial charge on any atom is -0.481 e. The average Bonchev–Trinajstić information content (AvgIpc) is 2.45. The molecule has 2 aliphatic heterocycles. The van der Waals surface area contributed by atoms with Crippen molar-refractivity contribution in [2.45, 2.75) is 25.7 Å². The lowest BCUT2D eigenvalue weighted by molar-refractivity contribution is -0.137. The van der Waals surface area contributed by atoms with Crippen molar-refractivity contribution < 1.29 is 23.1 Å². The number of sulfone groups is 1. The summed E-state index contributed by atoms with van der Waals surface area (Å²) in [7, 11) is -2.99. The second kappa shape index (κ2) is 6.64. The van der Waals surface area contributed by atoms with Crippen LogP contribution < -0.4 is 0 Å². The maximum Gasteiger partial charge on any atom is 0.320 e. The number of likely N-dealkylation sites (tertiary alicyclic amines) is 1. The Kier molecular flexibility index (Phi) is 5.08. The van der Waals surface area contributed by atoms with Gasteiger partial charge in [-0.25, -0.2) is 13.2 Å². The van der Waals surface area contributed by atoms with E-state index in [9.17, 15) is 18.0 Å². The van der Waals surface area contributed by atoms with E-state index >= 15 is 0 Å². The Balaban J connectivity index is 1.86. The highest BCUT2D eigenvalue weighted by Gasteiger charge is 2.30. The van der Waals surface area contributed by atoms with Gasteiger partial charge in [0.25, 0.3) is 0 Å². The van der Waals surface area contributed by atoms with E-state index in [2.05, 4.69) is 0 Å². The molecule has 2 fully saturated rings. The molecule has 0 aromatic rings. The summed E-state index contributed by atoms with van der Waals surface area (Å²) in [5.74, 6) is -0.503. The second-order valence-corrected chi connectivity index (χ2v) is 8.11. The topological polar surface area (TPSA) is 95.0 Å². The standard InChI is InChI=1S/C13H22N2O5S/c16-12(17)4-3-11-2-1-5-15(10-11)13(18)14-6-8-21(19,20)9-7-14/h11H,1-10H2,(H,16,17). The zero-order chi connectivity index (χ0) is 15.5. The lowest BCUT2D eigenvalue weighted by Crippen LogP contribution is -2.52. The number of piperidine rings is 1. The summed E-state index contributed by atoms with van der Waals surface area (Å²) in [5, 5.41) is 8.73. The predicted molar refractivity (Wildman–Crippen MR) is 76.8 cm³/mol. The van der Waals surface area contributed by atoms with E-state index in [1.807, 2.05) is 0 Å². The number of amides is 2. The number of nitrogens with zero attached hydrogens (tertiary/aromatic N) is 2. The molecule has 0 saturated carbocycles. The highest BCUT2D eigenvalue weighted by atomic mass is 32.2. The van der Waals surface area contributed by atoms with Crippen LogP contribution in [0.15, 0.2) is 0 Å². The van der Waals surface area contributed by atoms with Gasteiger partial charge in [-0.3, -0.25) is 4.79 Å². The van der Waals surface area contributed by atoms with Crippen molar-refractivity contribution in [3.8, 4) is 0 Å². The van der Waals surface area contributed by atoms with Gasteiger partial charge in [0.15, 0.2) is 9.84 Å². The van der Waals surface area contributed by atoms with Gasteiger partial charge in [-0.1, -0.05) is 0 Å². The Morgan fingerprint density at radius 3 is 2.38 bits per heavy atom. The second-order valence-electron chi connectivity index (χ2n) is 5.81. The first-order valence-corrected chi connectivity index (χ1v) is 9.15. The molecule has 0 bridgehead atoms. The molecule has 0 radical (unpaired) electrons. The summed E-state index contributed by atoms with van der Waals surface area (Å²) in [4.78, 5) is 26.4. The van der Waals surface area contributed by atoms with E-state index in [4.69, 9.17) is 5.11 Å². The number of aliphatic carboxylic acids is 1. The minimum absolute atomic E-state index is 0.0367. The monoisotopic (exact) mass is 318 g/mol. The number of rotatable bonds is 3. The zero-order valence-corrected chi connectivity index (χ0v) is 12.8. The van der Waals surface area contributed by atoms with Crippen molar-refractivity contribution in [2.75, 3.05) is 37.7 Å². The van der Waals surface area contributed by atoms with Gasteiger partial charge in [-0.05, 0) is 25.2 Å². The number of urea groups is 1. The van der Waals surface area contributed by atoms with Crippen LogP contribution in [0.2, 0.25) is 0 Å². The van der Waals surface area contributed by atoms with Crippen molar-refractivity contribution in [1.82, 2.24) is 9.80 Å². The van der Waals surface area contributed by atoms with Crippen LogP contribution in [0.4, 0.5) is 4.79 Å². The highest BCUT2D eigenvalue weighted by molar-refractivity contribution is 7.91. The van der Waals surface area contributed by atoms with E-state index in [0.29, 0.717) is 19.5 Å². The number of hydrogen-bond acceptors (Lipinski definition) is 4. The molecule has 0 aromatic heterocycles. The number of carboxylic acids is 1. The van der Waals surface area contributed by atoms with Gasteiger partial charge in [0.1, 0.15) is 0 Å². The van der Waals surface area contributed by atoms with E-state index in [1.165, 1.54) is 0 Å². The van der Waals surface area contributed by atoms with E-state index in [1.54, 1.807) is 9.80 Å². The van der Waals surface area contributed by atoms with Crippen LogP contribution in [-0.2, 0) is 14.6 Å². The highest BCUT2D eigenvalue weighted by Crippen LogP contribution is 2.22. The molecule has 1 atom stereocenters. The molecule has 2 amide bonds. The Bertz CT molecular complexity index is 491. The largest absolute Gasteiger partial charge is 0.481 e. The quantitative estimate of drug-likeness (QED) is 0.813. The normalized spacial score (nSPS) is 25.6. The molecule has 0 aromatic carbocycles. The van der Waals surface area contributed by atoms with E-state index in [-0.39, 0.29) is 43.0 Å². The summed E-state index contributed by atoms with van der Waals surface area (Å²) >= 11 is 0. The molecule has 8 heteroatoms. The fourth-order valence-corrected chi connectivity index (χ4v) is 4.11. The number of carbonyl (C=O) groups excluding carboxylic acids is 1. The molecule has 2 saturated heterocycles. The molecule has 0 aliphatic carbocycles. The molecular weight excluding hydrogens is 296 g/mol. The molecule has 2 heterocycles. The molecular formula is C13H22N2O5S. The van der Waals surface area contributed by atoms with Gasteiger partial charge in [0.2, 0.25) is 0 Å². The Hall–Kier alpha value is -1.31. The summed E-state index contributed by atoms with van der Waals surface area (Å²) < 4.78 is 22.8. The maximum absolute atomic E-state index is 12.4. The van der Waals surface area contributed by atoms with Gasteiger partial charge in [-0.15, -0.1) is 0 Å². The molecule has 1 unspecified atom stereocenters. The van der Waals surface area contributed by atoms with Crippen molar-refractivity contribution in [3.05, 3.63) is 0 Å².